The van der Waals surface area contributed by atoms with E-state index in [0.29, 0.717) is 25.2 Å². The summed E-state index contributed by atoms with van der Waals surface area (Å²) in [5, 5.41) is 18.6. The van der Waals surface area contributed by atoms with Crippen LogP contribution < -0.4 is 5.48 Å². The molecule has 1 aliphatic rings. The van der Waals surface area contributed by atoms with Gasteiger partial charge >= 0.3 is 0 Å². The first-order chi connectivity index (χ1) is 10.7. The fraction of sp³-hybridized carbons (Fsp3) is 0.611. The van der Waals surface area contributed by atoms with Crippen molar-refractivity contribution in [2.45, 2.75) is 69.8 Å². The van der Waals surface area contributed by atoms with E-state index in [-0.39, 0.29) is 5.91 Å². The second-order valence-electron chi connectivity index (χ2n) is 6.30. The molecule has 1 fully saturated rings. The zero-order valence-electron chi connectivity index (χ0n) is 13.1. The van der Waals surface area contributed by atoms with Gasteiger partial charge in [0.1, 0.15) is 0 Å². The van der Waals surface area contributed by atoms with Gasteiger partial charge in [-0.15, -0.1) is 0 Å². The van der Waals surface area contributed by atoms with E-state index in [2.05, 4.69) is 12.1 Å². The molecule has 0 radical (unpaired) electrons. The molecule has 0 bridgehead atoms. The van der Waals surface area contributed by atoms with E-state index in [1.54, 1.807) is 5.48 Å². The molecule has 0 heterocycles. The van der Waals surface area contributed by atoms with E-state index in [1.807, 2.05) is 12.1 Å². The summed E-state index contributed by atoms with van der Waals surface area (Å²) < 4.78 is 0. The van der Waals surface area contributed by atoms with Crippen LogP contribution in [0.15, 0.2) is 24.3 Å². The van der Waals surface area contributed by atoms with Gasteiger partial charge in [-0.25, -0.2) is 5.48 Å². The zero-order valence-corrected chi connectivity index (χ0v) is 13.1. The summed E-state index contributed by atoms with van der Waals surface area (Å²) in [6.07, 6.45) is 8.49. The number of amides is 1. The van der Waals surface area contributed by atoms with Gasteiger partial charge in [-0.2, -0.15) is 0 Å². The molecule has 1 amide bonds. The Balaban J connectivity index is 1.77. The van der Waals surface area contributed by atoms with E-state index >= 15 is 0 Å². The van der Waals surface area contributed by atoms with Crippen LogP contribution in [0.2, 0.25) is 0 Å². The summed E-state index contributed by atoms with van der Waals surface area (Å²) in [6.45, 7) is 0. The van der Waals surface area contributed by atoms with Crippen LogP contribution in [0.5, 0.6) is 0 Å². The number of hydrogen-bond acceptors (Lipinski definition) is 3. The second kappa shape index (κ2) is 8.91. The van der Waals surface area contributed by atoms with Crippen LogP contribution in [0.25, 0.3) is 0 Å². The van der Waals surface area contributed by atoms with Gasteiger partial charge in [0.2, 0.25) is 5.91 Å². The normalized spacial score (nSPS) is 17.2. The SMILES string of the molecule is O=C(CCCC[C@@H](O)c1ccc(C2CCCCC2)cc1)NO. The first kappa shape index (κ1) is 17.0. The molecule has 1 aromatic carbocycles. The Morgan fingerprint density at radius 2 is 1.82 bits per heavy atom. The molecule has 1 aromatic rings. The molecule has 0 spiro atoms. The Morgan fingerprint density at radius 1 is 1.14 bits per heavy atom. The molecule has 22 heavy (non-hydrogen) atoms. The summed E-state index contributed by atoms with van der Waals surface area (Å²) in [4.78, 5) is 10.9. The summed E-state index contributed by atoms with van der Waals surface area (Å²) in [7, 11) is 0. The standard InChI is InChI=1S/C18H27NO3/c20-17(8-4-5-9-18(21)19-22)16-12-10-15(11-13-16)14-6-2-1-3-7-14/h10-14,17,20,22H,1-9H2,(H,19,21)/t17-/m1/s1. The molecule has 1 saturated carbocycles. The van der Waals surface area contributed by atoms with Gasteiger partial charge in [0, 0.05) is 6.42 Å². The first-order valence-electron chi connectivity index (χ1n) is 8.41. The predicted molar refractivity (Wildman–Crippen MR) is 85.6 cm³/mol. The van der Waals surface area contributed by atoms with Crippen LogP contribution in [-0.4, -0.2) is 16.2 Å². The number of carbonyl (C=O) groups is 1. The Hall–Kier alpha value is -1.39. The van der Waals surface area contributed by atoms with Crippen molar-refractivity contribution in [1.29, 1.82) is 0 Å². The monoisotopic (exact) mass is 305 g/mol. The lowest BCUT2D eigenvalue weighted by Crippen LogP contribution is -2.17. The molecule has 4 nitrogen and oxygen atoms in total. The third-order valence-electron chi connectivity index (χ3n) is 4.65. The van der Waals surface area contributed by atoms with Gasteiger partial charge in [0.05, 0.1) is 6.10 Å². The van der Waals surface area contributed by atoms with E-state index < -0.39 is 6.10 Å². The van der Waals surface area contributed by atoms with Gasteiger partial charge in [-0.1, -0.05) is 49.9 Å². The first-order valence-corrected chi connectivity index (χ1v) is 8.41. The van der Waals surface area contributed by atoms with Crippen molar-refractivity contribution >= 4 is 5.91 Å². The fourth-order valence-electron chi connectivity index (χ4n) is 3.27. The molecule has 2 rings (SSSR count). The third kappa shape index (κ3) is 5.11. The average Bonchev–Trinajstić information content (AvgIpc) is 2.59. The van der Waals surface area contributed by atoms with E-state index in [4.69, 9.17) is 5.21 Å². The lowest BCUT2D eigenvalue weighted by atomic mass is 9.83. The molecular weight excluding hydrogens is 278 g/mol. The number of rotatable bonds is 7. The molecule has 1 atom stereocenters. The molecule has 3 N–H and O–H groups in total. The van der Waals surface area contributed by atoms with Crippen molar-refractivity contribution in [3.63, 3.8) is 0 Å². The Morgan fingerprint density at radius 3 is 2.45 bits per heavy atom. The van der Waals surface area contributed by atoms with Crippen LogP contribution in [-0.2, 0) is 4.79 Å². The average molecular weight is 305 g/mol. The summed E-state index contributed by atoms with van der Waals surface area (Å²) in [5.74, 6) is 0.322. The van der Waals surface area contributed by atoms with Gasteiger partial charge < -0.3 is 5.11 Å². The smallest absolute Gasteiger partial charge is 0.243 e. The van der Waals surface area contributed by atoms with Crippen molar-refractivity contribution in [2.24, 2.45) is 0 Å². The summed E-state index contributed by atoms with van der Waals surface area (Å²) >= 11 is 0. The topological polar surface area (TPSA) is 69.6 Å². The number of aliphatic hydroxyl groups excluding tert-OH is 1. The molecule has 0 aliphatic heterocycles. The number of benzene rings is 1. The number of hydroxylamine groups is 1. The number of aliphatic hydroxyl groups is 1. The van der Waals surface area contributed by atoms with E-state index in [9.17, 15) is 9.90 Å². The minimum Gasteiger partial charge on any atom is -0.388 e. The zero-order chi connectivity index (χ0) is 15.8. The highest BCUT2D eigenvalue weighted by Gasteiger charge is 2.16. The van der Waals surface area contributed by atoms with Crippen molar-refractivity contribution < 1.29 is 15.1 Å². The van der Waals surface area contributed by atoms with Gasteiger partial charge in [0.15, 0.2) is 0 Å². The molecule has 0 saturated heterocycles. The lowest BCUT2D eigenvalue weighted by Gasteiger charge is -2.22. The number of unbranched alkanes of at least 4 members (excludes halogenated alkanes) is 1. The van der Waals surface area contributed by atoms with Crippen LogP contribution >= 0.6 is 0 Å². The van der Waals surface area contributed by atoms with Crippen LogP contribution in [0.3, 0.4) is 0 Å². The molecular formula is C18H27NO3. The van der Waals surface area contributed by atoms with Crippen molar-refractivity contribution in [2.75, 3.05) is 0 Å². The highest BCUT2D eigenvalue weighted by atomic mass is 16.5. The predicted octanol–water partition coefficient (Wildman–Crippen LogP) is 3.83. The van der Waals surface area contributed by atoms with Crippen molar-refractivity contribution in [1.82, 2.24) is 5.48 Å². The Labute approximate surface area is 132 Å². The maximum Gasteiger partial charge on any atom is 0.243 e. The number of carbonyl (C=O) groups excluding carboxylic acids is 1. The Kier molecular flexibility index (Phi) is 6.87. The minimum absolute atomic E-state index is 0.295. The van der Waals surface area contributed by atoms with Crippen molar-refractivity contribution in [3.8, 4) is 0 Å². The largest absolute Gasteiger partial charge is 0.388 e. The van der Waals surface area contributed by atoms with Gasteiger partial charge in [-0.3, -0.25) is 10.0 Å². The van der Waals surface area contributed by atoms with Crippen LogP contribution in [0.1, 0.15) is 80.9 Å². The molecule has 1 aliphatic carbocycles. The molecule has 4 heteroatoms. The summed E-state index contributed by atoms with van der Waals surface area (Å²) in [5.41, 5.74) is 3.97. The van der Waals surface area contributed by atoms with Crippen LogP contribution in [0.4, 0.5) is 0 Å². The van der Waals surface area contributed by atoms with Crippen molar-refractivity contribution in [3.05, 3.63) is 35.4 Å². The quantitative estimate of drug-likeness (QED) is 0.407. The van der Waals surface area contributed by atoms with Crippen LogP contribution in [0, 0.1) is 0 Å². The number of nitrogens with one attached hydrogen (secondary N) is 1. The number of hydrogen-bond donors (Lipinski definition) is 3. The summed E-state index contributed by atoms with van der Waals surface area (Å²) in [6, 6.07) is 8.39. The highest BCUT2D eigenvalue weighted by molar-refractivity contribution is 5.74. The van der Waals surface area contributed by atoms with E-state index in [0.717, 1.165) is 12.0 Å². The highest BCUT2D eigenvalue weighted by Crippen LogP contribution is 2.33. The molecule has 122 valence electrons. The maximum absolute atomic E-state index is 10.9. The maximum atomic E-state index is 10.9. The van der Waals surface area contributed by atoms with Gasteiger partial charge in [0.25, 0.3) is 0 Å². The molecule has 0 unspecified atom stereocenters. The Bertz CT molecular complexity index is 452. The van der Waals surface area contributed by atoms with Gasteiger partial charge in [-0.05, 0) is 42.7 Å². The fourth-order valence-corrected chi connectivity index (χ4v) is 3.27. The minimum atomic E-state index is -0.474. The third-order valence-corrected chi connectivity index (χ3v) is 4.65. The lowest BCUT2D eigenvalue weighted by molar-refractivity contribution is -0.129. The molecule has 0 aromatic heterocycles. The second-order valence-corrected chi connectivity index (χ2v) is 6.30. The van der Waals surface area contributed by atoms with E-state index in [1.165, 1.54) is 37.7 Å².